The first kappa shape index (κ1) is 32.7. The van der Waals surface area contributed by atoms with E-state index in [4.69, 9.17) is 15.2 Å². The van der Waals surface area contributed by atoms with Crippen LogP contribution in [0.4, 0.5) is 9.59 Å². The predicted octanol–water partition coefficient (Wildman–Crippen LogP) is 0.718. The second-order valence-corrected chi connectivity index (χ2v) is 10.4. The lowest BCUT2D eigenvalue weighted by molar-refractivity contribution is -0.142. The minimum Gasteiger partial charge on any atom is -0.480 e. The summed E-state index contributed by atoms with van der Waals surface area (Å²) in [5.74, 6) is 5.38. The molecule has 0 aromatic carbocycles. The largest absolute Gasteiger partial charge is 0.480 e. The van der Waals surface area contributed by atoms with E-state index in [-0.39, 0.29) is 45.1 Å². The zero-order valence-corrected chi connectivity index (χ0v) is 23.3. The molecule has 13 heteroatoms. The van der Waals surface area contributed by atoms with Crippen LogP contribution in [0.1, 0.15) is 58.8 Å². The Hall–Kier alpha value is -3.53. The molecule has 0 saturated heterocycles. The number of nitrogens with one attached hydrogen (secondary N) is 4. The summed E-state index contributed by atoms with van der Waals surface area (Å²) in [5, 5.41) is 19.5. The quantitative estimate of drug-likeness (QED) is 0.109. The van der Waals surface area contributed by atoms with Gasteiger partial charge in [0.1, 0.15) is 12.1 Å². The number of alkyl carbamates (subject to hydrolysis) is 1. The number of carboxylic acids is 1. The topological polar surface area (TPSA) is 198 Å². The molecule has 3 unspecified atom stereocenters. The normalized spacial score (nSPS) is 20.7. The number of primary amides is 1. The Morgan fingerprint density at radius 3 is 2.25 bits per heavy atom. The third-order valence-corrected chi connectivity index (χ3v) is 7.08. The van der Waals surface area contributed by atoms with Gasteiger partial charge in [-0.15, -0.1) is 11.8 Å². The number of hydrogen-bond donors (Lipinski definition) is 6. The summed E-state index contributed by atoms with van der Waals surface area (Å²) in [6, 6.07) is -2.84. The van der Waals surface area contributed by atoms with Crippen LogP contribution < -0.4 is 27.0 Å². The van der Waals surface area contributed by atoms with Crippen LogP contribution in [-0.2, 0) is 23.9 Å². The van der Waals surface area contributed by atoms with Crippen LogP contribution in [0.3, 0.4) is 0 Å². The zero-order chi connectivity index (χ0) is 29.5. The third-order valence-electron chi connectivity index (χ3n) is 7.08. The molecule has 13 nitrogen and oxygen atoms in total. The Kier molecular flexibility index (Phi) is 14.1. The lowest BCUT2D eigenvalue weighted by Crippen LogP contribution is -2.53. The molecule has 4 atom stereocenters. The summed E-state index contributed by atoms with van der Waals surface area (Å²) in [6.07, 6.45) is 3.81. The highest BCUT2D eigenvalue weighted by Gasteiger charge is 2.49. The van der Waals surface area contributed by atoms with E-state index < -0.39 is 42.0 Å². The molecule has 0 radical (unpaired) electrons. The van der Waals surface area contributed by atoms with E-state index in [2.05, 4.69) is 33.1 Å². The van der Waals surface area contributed by atoms with E-state index in [1.54, 1.807) is 13.8 Å². The van der Waals surface area contributed by atoms with Crippen molar-refractivity contribution in [2.24, 2.45) is 29.4 Å². The van der Waals surface area contributed by atoms with E-state index in [0.717, 1.165) is 25.7 Å². The second-order valence-electron chi connectivity index (χ2n) is 10.4. The second kappa shape index (κ2) is 17.2. The molecule has 1 fully saturated rings. The molecule has 0 bridgehead atoms. The maximum atomic E-state index is 12.7. The Balaban J connectivity index is 1.59. The fourth-order valence-electron chi connectivity index (χ4n) is 4.81. The molecule has 2 aliphatic carbocycles. The SMILES string of the molecule is CC(C)C(NC(=O)CCOCCNC(=O)OCC1C2CCC#CCCC21)C(=O)N[C@@H](CCCNC(N)=O)C(=O)O. The van der Waals surface area contributed by atoms with Gasteiger partial charge in [-0.1, -0.05) is 13.8 Å². The first-order valence-corrected chi connectivity index (χ1v) is 13.9. The number of rotatable bonds is 17. The summed E-state index contributed by atoms with van der Waals surface area (Å²) in [4.78, 5) is 59.3. The standard InChI is InChI=1S/C27H43N5O8/c1-17(2)23(24(34)31-21(25(35)36)10-7-12-29-26(28)37)32-22(33)11-14-39-15-13-30-27(38)40-16-20-18-8-5-3-4-6-9-19(18)20/h17-21,23H,5-16H2,1-2H3,(H,30,38)(H,31,34)(H,32,33)(H,35,36)(H3,28,29,37)/t18?,19?,20?,21-,23?/m0/s1. The van der Waals surface area contributed by atoms with Gasteiger partial charge in [0, 0.05) is 32.4 Å². The summed E-state index contributed by atoms with van der Waals surface area (Å²) < 4.78 is 10.8. The summed E-state index contributed by atoms with van der Waals surface area (Å²) in [6.45, 7) is 4.54. The molecule has 0 spiro atoms. The van der Waals surface area contributed by atoms with E-state index in [1.165, 1.54) is 0 Å². The van der Waals surface area contributed by atoms with E-state index in [1.807, 2.05) is 0 Å². The Morgan fingerprint density at radius 1 is 0.975 bits per heavy atom. The third kappa shape index (κ3) is 12.1. The summed E-state index contributed by atoms with van der Waals surface area (Å²) in [5.41, 5.74) is 4.98. The van der Waals surface area contributed by atoms with Crippen LogP contribution >= 0.6 is 0 Å². The number of carbonyl (C=O) groups is 5. The average Bonchev–Trinajstić information content (AvgIpc) is 3.53. The maximum absolute atomic E-state index is 12.7. The van der Waals surface area contributed by atoms with Crippen LogP contribution in [0, 0.1) is 35.5 Å². The molecule has 0 heterocycles. The van der Waals surface area contributed by atoms with Gasteiger partial charge in [-0.2, -0.15) is 0 Å². The number of carbonyl (C=O) groups excluding carboxylic acids is 4. The van der Waals surface area contributed by atoms with Crippen LogP contribution in [0.25, 0.3) is 0 Å². The van der Waals surface area contributed by atoms with Crippen molar-refractivity contribution in [3.63, 3.8) is 0 Å². The van der Waals surface area contributed by atoms with Crippen LogP contribution in [0.2, 0.25) is 0 Å². The van der Waals surface area contributed by atoms with Crippen molar-refractivity contribution in [1.82, 2.24) is 21.3 Å². The number of fused-ring (bicyclic) bond motifs is 1. The minimum atomic E-state index is -1.22. The highest BCUT2D eigenvalue weighted by molar-refractivity contribution is 5.90. The summed E-state index contributed by atoms with van der Waals surface area (Å²) >= 11 is 0. The summed E-state index contributed by atoms with van der Waals surface area (Å²) in [7, 11) is 0. The van der Waals surface area contributed by atoms with Crippen molar-refractivity contribution < 1.29 is 38.6 Å². The molecule has 0 aromatic rings. The number of carboxylic acid groups (broad SMARTS) is 1. The zero-order valence-electron chi connectivity index (χ0n) is 23.3. The molecule has 2 aliphatic rings. The van der Waals surface area contributed by atoms with Crippen LogP contribution in [0.5, 0.6) is 0 Å². The lowest BCUT2D eigenvalue weighted by Gasteiger charge is -2.24. The number of aliphatic carboxylic acids is 1. The fraction of sp³-hybridized carbons (Fsp3) is 0.741. The molecule has 224 valence electrons. The van der Waals surface area contributed by atoms with Gasteiger partial charge in [0.25, 0.3) is 0 Å². The Bertz CT molecular complexity index is 929. The van der Waals surface area contributed by atoms with Crippen molar-refractivity contribution in [2.75, 3.05) is 32.9 Å². The first-order valence-electron chi connectivity index (χ1n) is 13.9. The Labute approximate surface area is 235 Å². The molecular formula is C27H43N5O8. The fourth-order valence-corrected chi connectivity index (χ4v) is 4.81. The predicted molar refractivity (Wildman–Crippen MR) is 145 cm³/mol. The van der Waals surface area contributed by atoms with Gasteiger partial charge in [-0.25, -0.2) is 14.4 Å². The Morgan fingerprint density at radius 2 is 1.65 bits per heavy atom. The van der Waals surface area contributed by atoms with Gasteiger partial charge in [0.2, 0.25) is 11.8 Å². The molecule has 2 rings (SSSR count). The van der Waals surface area contributed by atoms with Gasteiger partial charge in [0.15, 0.2) is 0 Å². The molecule has 1 saturated carbocycles. The number of urea groups is 1. The van der Waals surface area contributed by atoms with Crippen molar-refractivity contribution in [3.8, 4) is 11.8 Å². The van der Waals surface area contributed by atoms with Gasteiger partial charge < -0.3 is 41.6 Å². The molecule has 5 amide bonds. The van der Waals surface area contributed by atoms with Gasteiger partial charge >= 0.3 is 18.1 Å². The van der Waals surface area contributed by atoms with E-state index in [9.17, 15) is 29.1 Å². The highest BCUT2D eigenvalue weighted by atomic mass is 16.5. The number of ether oxygens (including phenoxy) is 2. The van der Waals surface area contributed by atoms with Crippen LogP contribution in [-0.4, -0.2) is 80.0 Å². The maximum Gasteiger partial charge on any atom is 0.407 e. The number of nitrogens with two attached hydrogens (primary N) is 1. The monoisotopic (exact) mass is 565 g/mol. The van der Waals surface area contributed by atoms with Crippen molar-refractivity contribution in [2.45, 2.75) is 70.9 Å². The lowest BCUT2D eigenvalue weighted by atomic mass is 10.0. The number of amides is 5. The highest BCUT2D eigenvalue weighted by Crippen LogP contribution is 2.52. The van der Waals surface area contributed by atoms with E-state index >= 15 is 0 Å². The molecule has 7 N–H and O–H groups in total. The van der Waals surface area contributed by atoms with Gasteiger partial charge in [0.05, 0.1) is 19.8 Å². The minimum absolute atomic E-state index is 0.0176. The molecular weight excluding hydrogens is 522 g/mol. The first-order chi connectivity index (χ1) is 19.1. The number of hydrogen-bond acceptors (Lipinski definition) is 7. The molecule has 0 aromatic heterocycles. The molecule has 0 aliphatic heterocycles. The van der Waals surface area contributed by atoms with Gasteiger partial charge in [-0.3, -0.25) is 9.59 Å². The van der Waals surface area contributed by atoms with Crippen molar-refractivity contribution in [3.05, 3.63) is 0 Å². The average molecular weight is 566 g/mol. The van der Waals surface area contributed by atoms with E-state index in [0.29, 0.717) is 30.8 Å². The smallest absolute Gasteiger partial charge is 0.407 e. The van der Waals surface area contributed by atoms with Crippen molar-refractivity contribution in [1.29, 1.82) is 0 Å². The van der Waals surface area contributed by atoms with Crippen molar-refractivity contribution >= 4 is 29.9 Å². The van der Waals surface area contributed by atoms with Crippen LogP contribution in [0.15, 0.2) is 0 Å². The van der Waals surface area contributed by atoms with Gasteiger partial charge in [-0.05, 0) is 49.4 Å². The molecule has 40 heavy (non-hydrogen) atoms.